The maximum absolute atomic E-state index is 11.7. The molecular weight excluding hydrogens is 260 g/mol. The van der Waals surface area contributed by atoms with Crippen LogP contribution in [0.5, 0.6) is 0 Å². The van der Waals surface area contributed by atoms with E-state index in [2.05, 4.69) is 5.32 Å². The van der Waals surface area contributed by atoms with Crippen LogP contribution in [0.15, 0.2) is 54.6 Å². The highest BCUT2D eigenvalue weighted by molar-refractivity contribution is 6.30. The summed E-state index contributed by atoms with van der Waals surface area (Å²) in [6, 6.07) is 14.2. The quantitative estimate of drug-likeness (QED) is 0.663. The summed E-state index contributed by atoms with van der Waals surface area (Å²) in [5, 5.41) is 3.38. The van der Waals surface area contributed by atoms with Crippen molar-refractivity contribution >= 4 is 35.0 Å². The van der Waals surface area contributed by atoms with Gasteiger partial charge in [0.1, 0.15) is 0 Å². The number of nitrogens with one attached hydrogen (secondary N) is 1. The van der Waals surface area contributed by atoms with Gasteiger partial charge in [-0.3, -0.25) is 4.79 Å². The van der Waals surface area contributed by atoms with Crippen LogP contribution in [0.3, 0.4) is 0 Å². The number of anilines is 2. The molecule has 0 unspecified atom stereocenters. The van der Waals surface area contributed by atoms with Crippen molar-refractivity contribution < 1.29 is 4.79 Å². The van der Waals surface area contributed by atoms with Crippen LogP contribution in [0, 0.1) is 0 Å². The Morgan fingerprint density at radius 1 is 1.05 bits per heavy atom. The summed E-state index contributed by atoms with van der Waals surface area (Å²) in [5.74, 6) is -0.195. The number of halogens is 1. The van der Waals surface area contributed by atoms with Gasteiger partial charge in [0.05, 0.1) is 0 Å². The highest BCUT2D eigenvalue weighted by atomic mass is 35.5. The molecule has 3 nitrogen and oxygen atoms in total. The van der Waals surface area contributed by atoms with E-state index in [1.54, 1.807) is 42.5 Å². The van der Waals surface area contributed by atoms with Crippen molar-refractivity contribution in [3.8, 4) is 0 Å². The van der Waals surface area contributed by atoms with Crippen LogP contribution in [0.25, 0.3) is 6.08 Å². The topological polar surface area (TPSA) is 55.1 Å². The van der Waals surface area contributed by atoms with Gasteiger partial charge in [-0.2, -0.15) is 0 Å². The van der Waals surface area contributed by atoms with Gasteiger partial charge in [-0.05, 0) is 48.0 Å². The predicted molar refractivity (Wildman–Crippen MR) is 80.0 cm³/mol. The van der Waals surface area contributed by atoms with Crippen molar-refractivity contribution in [3.05, 3.63) is 65.2 Å². The fourth-order valence-electron chi connectivity index (χ4n) is 1.50. The lowest BCUT2D eigenvalue weighted by Crippen LogP contribution is -2.07. The van der Waals surface area contributed by atoms with Crippen LogP contribution in [0.2, 0.25) is 5.02 Å². The van der Waals surface area contributed by atoms with Crippen LogP contribution in [-0.2, 0) is 4.79 Å². The van der Waals surface area contributed by atoms with E-state index >= 15 is 0 Å². The lowest BCUT2D eigenvalue weighted by Gasteiger charge is -2.01. The van der Waals surface area contributed by atoms with E-state index in [4.69, 9.17) is 17.3 Å². The summed E-state index contributed by atoms with van der Waals surface area (Å²) in [6.07, 6.45) is 3.20. The number of carbonyl (C=O) groups excluding carboxylic acids is 1. The van der Waals surface area contributed by atoms with Crippen molar-refractivity contribution in [1.29, 1.82) is 0 Å². The molecule has 3 N–H and O–H groups in total. The Morgan fingerprint density at radius 3 is 2.32 bits per heavy atom. The zero-order valence-corrected chi connectivity index (χ0v) is 10.9. The Kier molecular flexibility index (Phi) is 4.21. The fraction of sp³-hybridized carbons (Fsp3) is 0. The lowest BCUT2D eigenvalue weighted by molar-refractivity contribution is -0.111. The molecule has 0 bridgehead atoms. The first-order valence-electron chi connectivity index (χ1n) is 5.74. The molecular formula is C15H13ClN2O. The normalized spacial score (nSPS) is 10.6. The van der Waals surface area contributed by atoms with E-state index < -0.39 is 0 Å². The zero-order valence-electron chi connectivity index (χ0n) is 10.1. The van der Waals surface area contributed by atoms with Gasteiger partial charge in [-0.25, -0.2) is 0 Å². The Hall–Kier alpha value is -2.26. The van der Waals surface area contributed by atoms with Gasteiger partial charge in [0.25, 0.3) is 0 Å². The standard InChI is InChI=1S/C15H13ClN2O/c16-12-4-8-14(9-5-12)18-15(19)10-3-11-1-6-13(17)7-2-11/h1-10H,17H2,(H,18,19)/b10-3+. The van der Waals surface area contributed by atoms with E-state index in [1.165, 1.54) is 6.08 Å². The molecule has 2 rings (SSSR count). The number of hydrogen-bond acceptors (Lipinski definition) is 2. The van der Waals surface area contributed by atoms with Gasteiger partial charge in [-0.15, -0.1) is 0 Å². The van der Waals surface area contributed by atoms with E-state index in [0.29, 0.717) is 16.4 Å². The summed E-state index contributed by atoms with van der Waals surface area (Å²) in [6.45, 7) is 0. The summed E-state index contributed by atoms with van der Waals surface area (Å²) in [7, 11) is 0. The number of amides is 1. The molecule has 19 heavy (non-hydrogen) atoms. The highest BCUT2D eigenvalue weighted by Gasteiger charge is 1.97. The molecule has 0 aliphatic carbocycles. The van der Waals surface area contributed by atoms with Crippen molar-refractivity contribution in [2.24, 2.45) is 0 Å². The van der Waals surface area contributed by atoms with Gasteiger partial charge in [0.2, 0.25) is 5.91 Å². The molecule has 0 radical (unpaired) electrons. The van der Waals surface area contributed by atoms with Crippen LogP contribution in [0.4, 0.5) is 11.4 Å². The molecule has 0 saturated heterocycles. The van der Waals surface area contributed by atoms with E-state index in [0.717, 1.165) is 5.56 Å². The first-order valence-corrected chi connectivity index (χ1v) is 6.11. The van der Waals surface area contributed by atoms with Crippen molar-refractivity contribution in [2.45, 2.75) is 0 Å². The number of benzene rings is 2. The highest BCUT2D eigenvalue weighted by Crippen LogP contribution is 2.13. The van der Waals surface area contributed by atoms with Gasteiger partial charge in [-0.1, -0.05) is 23.7 Å². The molecule has 0 saturated carbocycles. The van der Waals surface area contributed by atoms with E-state index in [1.807, 2.05) is 12.1 Å². The molecule has 0 spiro atoms. The summed E-state index contributed by atoms with van der Waals surface area (Å²) in [4.78, 5) is 11.7. The first-order chi connectivity index (χ1) is 9.13. The molecule has 0 aliphatic rings. The number of nitrogens with two attached hydrogens (primary N) is 1. The SMILES string of the molecule is Nc1ccc(/C=C/C(=O)Nc2ccc(Cl)cc2)cc1. The monoisotopic (exact) mass is 272 g/mol. The minimum absolute atomic E-state index is 0.195. The first kappa shape index (κ1) is 13.2. The number of carbonyl (C=O) groups is 1. The molecule has 0 fully saturated rings. The van der Waals surface area contributed by atoms with E-state index in [-0.39, 0.29) is 5.91 Å². The number of hydrogen-bond donors (Lipinski definition) is 2. The molecule has 2 aromatic carbocycles. The summed E-state index contributed by atoms with van der Waals surface area (Å²) >= 11 is 5.77. The third kappa shape index (κ3) is 4.16. The van der Waals surface area contributed by atoms with Crippen molar-refractivity contribution in [2.75, 3.05) is 11.1 Å². The van der Waals surface area contributed by atoms with Gasteiger partial charge in [0, 0.05) is 22.5 Å². The minimum Gasteiger partial charge on any atom is -0.399 e. The second-order valence-electron chi connectivity index (χ2n) is 4.00. The maximum atomic E-state index is 11.7. The smallest absolute Gasteiger partial charge is 0.248 e. The average Bonchev–Trinajstić information content (AvgIpc) is 2.41. The Balaban J connectivity index is 1.97. The Morgan fingerprint density at radius 2 is 1.68 bits per heavy atom. The zero-order chi connectivity index (χ0) is 13.7. The molecule has 96 valence electrons. The Bertz CT molecular complexity index is 589. The van der Waals surface area contributed by atoms with Crippen molar-refractivity contribution in [3.63, 3.8) is 0 Å². The summed E-state index contributed by atoms with van der Waals surface area (Å²) < 4.78 is 0. The van der Waals surface area contributed by atoms with Crippen LogP contribution in [0.1, 0.15) is 5.56 Å². The minimum atomic E-state index is -0.195. The number of nitrogen functional groups attached to an aromatic ring is 1. The third-order valence-corrected chi connectivity index (χ3v) is 2.73. The van der Waals surface area contributed by atoms with Crippen LogP contribution in [-0.4, -0.2) is 5.91 Å². The molecule has 2 aromatic rings. The second-order valence-corrected chi connectivity index (χ2v) is 4.43. The largest absolute Gasteiger partial charge is 0.399 e. The third-order valence-electron chi connectivity index (χ3n) is 2.48. The fourth-order valence-corrected chi connectivity index (χ4v) is 1.62. The predicted octanol–water partition coefficient (Wildman–Crippen LogP) is 3.57. The van der Waals surface area contributed by atoms with Gasteiger partial charge in [0.15, 0.2) is 0 Å². The van der Waals surface area contributed by atoms with E-state index in [9.17, 15) is 4.79 Å². The second kappa shape index (κ2) is 6.07. The Labute approximate surface area is 116 Å². The molecule has 0 aliphatic heterocycles. The summed E-state index contributed by atoms with van der Waals surface area (Å²) in [5.41, 5.74) is 7.90. The average molecular weight is 273 g/mol. The van der Waals surface area contributed by atoms with Crippen molar-refractivity contribution in [1.82, 2.24) is 0 Å². The van der Waals surface area contributed by atoms with Crippen LogP contribution < -0.4 is 11.1 Å². The lowest BCUT2D eigenvalue weighted by atomic mass is 10.2. The number of rotatable bonds is 3. The molecule has 0 heterocycles. The molecule has 0 atom stereocenters. The molecule has 1 amide bonds. The molecule has 4 heteroatoms. The van der Waals surface area contributed by atoms with Gasteiger partial charge >= 0.3 is 0 Å². The molecule has 0 aromatic heterocycles. The van der Waals surface area contributed by atoms with Gasteiger partial charge < -0.3 is 11.1 Å². The maximum Gasteiger partial charge on any atom is 0.248 e. The van der Waals surface area contributed by atoms with Crippen LogP contribution >= 0.6 is 11.6 Å².